The highest BCUT2D eigenvalue weighted by atomic mass is 79.9. The molecule has 0 bridgehead atoms. The second kappa shape index (κ2) is 5.67. The molecule has 0 saturated carbocycles. The first-order valence-corrected chi connectivity index (χ1v) is 6.36. The molecule has 1 amide bonds. The van der Waals surface area contributed by atoms with Gasteiger partial charge in [0.05, 0.1) is 16.3 Å². The predicted molar refractivity (Wildman–Crippen MR) is 73.5 cm³/mol. The van der Waals surface area contributed by atoms with Crippen LogP contribution in [0.1, 0.15) is 10.4 Å². The summed E-state index contributed by atoms with van der Waals surface area (Å²) < 4.78 is 26.9. The minimum Gasteiger partial charge on any atom is -0.321 e. The number of anilines is 1. The van der Waals surface area contributed by atoms with Crippen molar-refractivity contribution >= 4 is 39.1 Å². The van der Waals surface area contributed by atoms with Gasteiger partial charge in [0.2, 0.25) is 0 Å². The molecule has 0 aliphatic rings. The lowest BCUT2D eigenvalue weighted by atomic mass is 10.2. The van der Waals surface area contributed by atoms with Crippen LogP contribution in [-0.4, -0.2) is 5.91 Å². The van der Waals surface area contributed by atoms with Gasteiger partial charge in [-0.05, 0) is 30.3 Å². The Balaban J connectivity index is 2.25. The fourth-order valence-electron chi connectivity index (χ4n) is 1.45. The van der Waals surface area contributed by atoms with E-state index in [1.807, 2.05) is 0 Å². The van der Waals surface area contributed by atoms with Gasteiger partial charge in [0.25, 0.3) is 5.91 Å². The summed E-state index contributed by atoms with van der Waals surface area (Å²) in [5.74, 6) is -2.36. The van der Waals surface area contributed by atoms with E-state index in [0.29, 0.717) is 16.8 Å². The molecule has 0 aliphatic heterocycles. The molecule has 0 fully saturated rings. The summed E-state index contributed by atoms with van der Waals surface area (Å²) >= 11 is 9.16. The molecule has 0 saturated heterocycles. The molecule has 98 valence electrons. The number of hydrogen-bond donors (Lipinski definition) is 1. The zero-order valence-corrected chi connectivity index (χ0v) is 11.7. The predicted octanol–water partition coefficient (Wildman–Crippen LogP) is 4.63. The summed E-state index contributed by atoms with van der Waals surface area (Å²) in [7, 11) is 0. The second-order valence-electron chi connectivity index (χ2n) is 3.70. The molecular weight excluding hydrogens is 340 g/mol. The first-order chi connectivity index (χ1) is 8.97. The van der Waals surface area contributed by atoms with E-state index in [1.54, 1.807) is 18.2 Å². The number of hydrogen-bond acceptors (Lipinski definition) is 1. The zero-order chi connectivity index (χ0) is 14.0. The highest BCUT2D eigenvalue weighted by molar-refractivity contribution is 9.10. The van der Waals surface area contributed by atoms with Gasteiger partial charge < -0.3 is 5.32 Å². The largest absolute Gasteiger partial charge is 0.321 e. The number of benzene rings is 2. The zero-order valence-electron chi connectivity index (χ0n) is 9.38. The Hall–Kier alpha value is -1.46. The smallest absolute Gasteiger partial charge is 0.258 e. The van der Waals surface area contributed by atoms with Crippen LogP contribution in [0.5, 0.6) is 0 Å². The van der Waals surface area contributed by atoms with Gasteiger partial charge >= 0.3 is 0 Å². The fraction of sp³-hybridized carbons (Fsp3) is 0. The van der Waals surface area contributed by atoms with Crippen molar-refractivity contribution < 1.29 is 13.6 Å². The molecule has 2 nitrogen and oxygen atoms in total. The Morgan fingerprint density at radius 3 is 2.53 bits per heavy atom. The van der Waals surface area contributed by atoms with Crippen LogP contribution >= 0.6 is 27.5 Å². The Bertz CT molecular complexity index is 649. The van der Waals surface area contributed by atoms with Crippen LogP contribution in [0.2, 0.25) is 5.02 Å². The van der Waals surface area contributed by atoms with Gasteiger partial charge in [0.15, 0.2) is 0 Å². The highest BCUT2D eigenvalue weighted by Crippen LogP contribution is 2.26. The van der Waals surface area contributed by atoms with E-state index in [2.05, 4.69) is 21.2 Å². The van der Waals surface area contributed by atoms with Crippen molar-refractivity contribution in [2.24, 2.45) is 0 Å². The summed E-state index contributed by atoms with van der Waals surface area (Å²) in [6.07, 6.45) is 0. The minimum atomic E-state index is -0.925. The Morgan fingerprint density at radius 2 is 1.89 bits per heavy atom. The first kappa shape index (κ1) is 14.0. The number of rotatable bonds is 2. The molecule has 0 aromatic heterocycles. The standard InChI is InChI=1S/C13H7BrClF2NO/c14-7-1-4-12(10(15)5-7)18-13(19)9-3-2-8(16)6-11(9)17/h1-6H,(H,18,19). The number of carbonyl (C=O) groups excluding carboxylic acids is 1. The Labute approximate surface area is 121 Å². The summed E-state index contributed by atoms with van der Waals surface area (Å²) in [5.41, 5.74) is 0.0963. The van der Waals surface area contributed by atoms with E-state index in [4.69, 9.17) is 11.6 Å². The molecule has 0 atom stereocenters. The van der Waals surface area contributed by atoms with Crippen molar-refractivity contribution in [3.63, 3.8) is 0 Å². The van der Waals surface area contributed by atoms with Crippen molar-refractivity contribution in [2.75, 3.05) is 5.32 Å². The summed E-state index contributed by atoms with van der Waals surface area (Å²) in [4.78, 5) is 11.8. The monoisotopic (exact) mass is 345 g/mol. The van der Waals surface area contributed by atoms with Crippen LogP contribution in [0.25, 0.3) is 0 Å². The topological polar surface area (TPSA) is 29.1 Å². The van der Waals surface area contributed by atoms with Crippen LogP contribution < -0.4 is 5.32 Å². The van der Waals surface area contributed by atoms with Gasteiger partial charge in [-0.1, -0.05) is 27.5 Å². The molecule has 0 aliphatic carbocycles. The number of carbonyl (C=O) groups is 1. The van der Waals surface area contributed by atoms with Crippen molar-refractivity contribution in [3.8, 4) is 0 Å². The fourth-order valence-corrected chi connectivity index (χ4v) is 2.17. The molecule has 2 aromatic carbocycles. The van der Waals surface area contributed by atoms with Gasteiger partial charge in [0.1, 0.15) is 11.6 Å². The van der Waals surface area contributed by atoms with Crippen molar-refractivity contribution in [1.29, 1.82) is 0 Å². The van der Waals surface area contributed by atoms with E-state index in [1.165, 1.54) is 0 Å². The van der Waals surface area contributed by atoms with Crippen molar-refractivity contribution in [2.45, 2.75) is 0 Å². The Morgan fingerprint density at radius 1 is 1.16 bits per heavy atom. The molecule has 0 spiro atoms. The van der Waals surface area contributed by atoms with E-state index in [-0.39, 0.29) is 5.56 Å². The lowest BCUT2D eigenvalue weighted by Gasteiger charge is -2.08. The van der Waals surface area contributed by atoms with E-state index in [0.717, 1.165) is 16.6 Å². The van der Waals surface area contributed by atoms with E-state index < -0.39 is 17.5 Å². The maximum Gasteiger partial charge on any atom is 0.258 e. The number of amides is 1. The van der Waals surface area contributed by atoms with Crippen LogP contribution in [0, 0.1) is 11.6 Å². The molecule has 0 heterocycles. The first-order valence-electron chi connectivity index (χ1n) is 5.19. The van der Waals surface area contributed by atoms with Gasteiger partial charge in [-0.15, -0.1) is 0 Å². The summed E-state index contributed by atoms with van der Waals surface area (Å²) in [6.45, 7) is 0. The van der Waals surface area contributed by atoms with Crippen LogP contribution in [0.3, 0.4) is 0 Å². The van der Waals surface area contributed by atoms with Gasteiger partial charge in [-0.25, -0.2) is 8.78 Å². The average Bonchev–Trinajstić information content (AvgIpc) is 2.32. The van der Waals surface area contributed by atoms with Crippen LogP contribution in [0.15, 0.2) is 40.9 Å². The summed E-state index contributed by atoms with van der Waals surface area (Å²) in [6, 6.07) is 7.60. The van der Waals surface area contributed by atoms with Crippen molar-refractivity contribution in [1.82, 2.24) is 0 Å². The third-order valence-electron chi connectivity index (χ3n) is 2.36. The average molecular weight is 347 g/mol. The quantitative estimate of drug-likeness (QED) is 0.844. The normalized spacial score (nSPS) is 10.3. The lowest BCUT2D eigenvalue weighted by molar-refractivity contribution is 0.102. The second-order valence-corrected chi connectivity index (χ2v) is 5.03. The molecule has 19 heavy (non-hydrogen) atoms. The molecule has 0 unspecified atom stereocenters. The van der Waals surface area contributed by atoms with E-state index in [9.17, 15) is 13.6 Å². The van der Waals surface area contributed by atoms with Gasteiger partial charge in [0, 0.05) is 10.5 Å². The third kappa shape index (κ3) is 3.30. The Kier molecular flexibility index (Phi) is 4.17. The number of nitrogens with one attached hydrogen (secondary N) is 1. The third-order valence-corrected chi connectivity index (χ3v) is 3.16. The van der Waals surface area contributed by atoms with Gasteiger partial charge in [-0.3, -0.25) is 4.79 Å². The highest BCUT2D eigenvalue weighted by Gasteiger charge is 2.13. The lowest BCUT2D eigenvalue weighted by Crippen LogP contribution is -2.14. The SMILES string of the molecule is O=C(Nc1ccc(Br)cc1Cl)c1ccc(F)cc1F. The van der Waals surface area contributed by atoms with Gasteiger partial charge in [-0.2, -0.15) is 0 Å². The van der Waals surface area contributed by atoms with Crippen LogP contribution in [0.4, 0.5) is 14.5 Å². The molecule has 0 radical (unpaired) electrons. The van der Waals surface area contributed by atoms with E-state index >= 15 is 0 Å². The molecule has 2 rings (SSSR count). The molecule has 6 heteroatoms. The molecular formula is C13H7BrClF2NO. The summed E-state index contributed by atoms with van der Waals surface area (Å²) in [5, 5.41) is 2.77. The maximum absolute atomic E-state index is 13.4. The maximum atomic E-state index is 13.4. The minimum absolute atomic E-state index is 0.250. The molecule has 1 N–H and O–H groups in total. The van der Waals surface area contributed by atoms with Crippen molar-refractivity contribution in [3.05, 3.63) is 63.1 Å². The van der Waals surface area contributed by atoms with Crippen LogP contribution in [-0.2, 0) is 0 Å². The molecule has 2 aromatic rings. The number of halogens is 4.